The van der Waals surface area contributed by atoms with Gasteiger partial charge in [0.25, 0.3) is 0 Å². The van der Waals surface area contributed by atoms with E-state index in [1.807, 2.05) is 18.2 Å². The lowest BCUT2D eigenvalue weighted by Crippen LogP contribution is -2.40. The van der Waals surface area contributed by atoms with Crippen LogP contribution in [0.2, 0.25) is 5.02 Å². The molecule has 1 atom stereocenters. The Morgan fingerprint density at radius 2 is 1.76 bits per heavy atom. The van der Waals surface area contributed by atoms with Crippen molar-refractivity contribution in [2.75, 3.05) is 19.1 Å². The maximum absolute atomic E-state index is 13.2. The highest BCUT2D eigenvalue weighted by molar-refractivity contribution is 7.99. The third kappa shape index (κ3) is 5.03. The van der Waals surface area contributed by atoms with Gasteiger partial charge < -0.3 is 15.2 Å². The highest BCUT2D eigenvalue weighted by Gasteiger charge is 2.43. The van der Waals surface area contributed by atoms with E-state index in [0.29, 0.717) is 21.2 Å². The maximum Gasteiger partial charge on any atom is 0.355 e. The number of rotatable bonds is 6. The van der Waals surface area contributed by atoms with E-state index in [2.05, 4.69) is 11.1 Å². The summed E-state index contributed by atoms with van der Waals surface area (Å²) in [6.45, 7) is 0. The zero-order valence-electron chi connectivity index (χ0n) is 19.8. The van der Waals surface area contributed by atoms with E-state index in [9.17, 15) is 14.9 Å². The van der Waals surface area contributed by atoms with Crippen molar-refractivity contribution >= 4 is 41.0 Å². The Morgan fingerprint density at radius 1 is 1.05 bits per heavy atom. The first-order chi connectivity index (χ1) is 17.9. The van der Waals surface area contributed by atoms with Crippen molar-refractivity contribution in [2.24, 2.45) is 5.73 Å². The number of carbonyl (C=O) groups is 2. The van der Waals surface area contributed by atoms with Crippen LogP contribution in [0.3, 0.4) is 0 Å². The van der Waals surface area contributed by atoms with Crippen molar-refractivity contribution in [3.63, 3.8) is 0 Å². The molecule has 37 heavy (non-hydrogen) atoms. The van der Waals surface area contributed by atoms with Gasteiger partial charge in [-0.25, -0.2) is 14.6 Å². The summed E-state index contributed by atoms with van der Waals surface area (Å²) in [5.41, 5.74) is 7.30. The molecule has 10 heteroatoms. The topological polar surface area (TPSA) is 119 Å². The van der Waals surface area contributed by atoms with Gasteiger partial charge >= 0.3 is 11.9 Å². The van der Waals surface area contributed by atoms with Crippen LogP contribution in [0.5, 0.6) is 0 Å². The molecule has 0 bridgehead atoms. The summed E-state index contributed by atoms with van der Waals surface area (Å²) in [6.07, 6.45) is 1.68. The Labute approximate surface area is 222 Å². The molecule has 0 aliphatic carbocycles. The molecular formula is C27H21ClN4O4S. The molecule has 1 aromatic heterocycles. The van der Waals surface area contributed by atoms with Crippen molar-refractivity contribution < 1.29 is 19.1 Å². The standard InChI is InChI=1S/C27H21ClN4O4S/c1-35-26(33)23-22(16-8-4-3-5-9-16)18(15-29)25(30)32(24(23)27(34)36-2)17-11-12-20(19(28)14-17)37-21-10-6-7-13-31-21/h3-14,22H,30H2,1-2H3. The lowest BCUT2D eigenvalue weighted by atomic mass is 9.81. The van der Waals surface area contributed by atoms with Crippen molar-refractivity contribution in [1.29, 1.82) is 5.26 Å². The van der Waals surface area contributed by atoms with Gasteiger partial charge in [0.2, 0.25) is 0 Å². The molecule has 0 radical (unpaired) electrons. The van der Waals surface area contributed by atoms with Gasteiger partial charge in [-0.05, 0) is 35.9 Å². The van der Waals surface area contributed by atoms with Crippen LogP contribution in [-0.4, -0.2) is 31.1 Å². The van der Waals surface area contributed by atoms with Crippen LogP contribution < -0.4 is 10.6 Å². The molecule has 2 aromatic carbocycles. The molecule has 0 fully saturated rings. The van der Waals surface area contributed by atoms with E-state index in [1.165, 1.54) is 30.9 Å². The number of halogens is 1. The molecular weight excluding hydrogens is 512 g/mol. The highest BCUT2D eigenvalue weighted by Crippen LogP contribution is 2.44. The first kappa shape index (κ1) is 25.8. The number of nitrogens with zero attached hydrogens (tertiary/aromatic N) is 3. The number of hydrogen-bond acceptors (Lipinski definition) is 9. The normalized spacial score (nSPS) is 15.3. The smallest absolute Gasteiger partial charge is 0.355 e. The summed E-state index contributed by atoms with van der Waals surface area (Å²) in [5.74, 6) is -2.61. The maximum atomic E-state index is 13.2. The molecule has 0 spiro atoms. The fourth-order valence-corrected chi connectivity index (χ4v) is 5.08. The second-order valence-corrected chi connectivity index (χ2v) is 9.19. The van der Waals surface area contributed by atoms with Crippen LogP contribution in [0, 0.1) is 11.3 Å². The number of allylic oxidation sites excluding steroid dienone is 1. The van der Waals surface area contributed by atoms with E-state index in [0.717, 1.165) is 5.03 Å². The first-order valence-electron chi connectivity index (χ1n) is 10.9. The van der Waals surface area contributed by atoms with Gasteiger partial charge in [0, 0.05) is 16.8 Å². The number of pyridine rings is 1. The van der Waals surface area contributed by atoms with Gasteiger partial charge in [-0.1, -0.05) is 59.8 Å². The second kappa shape index (κ2) is 11.2. The van der Waals surface area contributed by atoms with Gasteiger partial charge in [-0.15, -0.1) is 0 Å². The predicted molar refractivity (Wildman–Crippen MR) is 139 cm³/mol. The number of carbonyl (C=O) groups excluding carboxylic acids is 2. The second-order valence-electron chi connectivity index (χ2n) is 7.72. The minimum Gasteiger partial charge on any atom is -0.466 e. The van der Waals surface area contributed by atoms with Crippen LogP contribution >= 0.6 is 23.4 Å². The lowest BCUT2D eigenvalue weighted by molar-refractivity contribution is -0.139. The summed E-state index contributed by atoms with van der Waals surface area (Å²) in [6, 6.07) is 21.5. The Kier molecular flexibility index (Phi) is 7.82. The molecule has 4 rings (SSSR count). The molecule has 1 aliphatic heterocycles. The zero-order valence-corrected chi connectivity index (χ0v) is 21.4. The van der Waals surface area contributed by atoms with E-state index in [-0.39, 0.29) is 22.7 Å². The number of aromatic nitrogens is 1. The number of methoxy groups -OCH3 is 2. The molecule has 2 heterocycles. The molecule has 0 saturated heterocycles. The Balaban J connectivity index is 1.92. The highest BCUT2D eigenvalue weighted by atomic mass is 35.5. The van der Waals surface area contributed by atoms with Crippen molar-refractivity contribution in [1.82, 2.24) is 4.98 Å². The fraction of sp³-hybridized carbons (Fsp3) is 0.111. The fourth-order valence-electron chi connectivity index (χ4n) is 4.01. The molecule has 186 valence electrons. The Bertz CT molecular complexity index is 1450. The number of nitriles is 1. The number of esters is 2. The first-order valence-corrected chi connectivity index (χ1v) is 12.1. The average molecular weight is 533 g/mol. The minimum atomic E-state index is -0.946. The Morgan fingerprint density at radius 3 is 2.35 bits per heavy atom. The van der Waals surface area contributed by atoms with E-state index >= 15 is 0 Å². The average Bonchev–Trinajstić information content (AvgIpc) is 2.93. The van der Waals surface area contributed by atoms with Crippen molar-refractivity contribution in [3.05, 3.63) is 106 Å². The SMILES string of the molecule is COC(=O)C1=C(C(=O)OC)N(c2ccc(Sc3ccccn3)c(Cl)c2)C(N)=C(C#N)C1c1ccccc1. The molecule has 1 aliphatic rings. The number of hydrogen-bond donors (Lipinski definition) is 1. The largest absolute Gasteiger partial charge is 0.466 e. The van der Waals surface area contributed by atoms with E-state index in [1.54, 1.807) is 54.7 Å². The summed E-state index contributed by atoms with van der Waals surface area (Å²) in [7, 11) is 2.39. The van der Waals surface area contributed by atoms with Gasteiger partial charge in [-0.2, -0.15) is 5.26 Å². The molecule has 2 N–H and O–H groups in total. The van der Waals surface area contributed by atoms with Gasteiger partial charge in [0.05, 0.1) is 42.4 Å². The van der Waals surface area contributed by atoms with Gasteiger partial charge in [0.15, 0.2) is 0 Å². The van der Waals surface area contributed by atoms with Gasteiger partial charge in [-0.3, -0.25) is 4.90 Å². The number of anilines is 1. The van der Waals surface area contributed by atoms with Gasteiger partial charge in [0.1, 0.15) is 16.5 Å². The van der Waals surface area contributed by atoms with E-state index in [4.69, 9.17) is 26.8 Å². The summed E-state index contributed by atoms with van der Waals surface area (Å²) < 4.78 is 10.1. The summed E-state index contributed by atoms with van der Waals surface area (Å²) in [4.78, 5) is 32.6. The van der Waals surface area contributed by atoms with Crippen molar-refractivity contribution in [2.45, 2.75) is 15.8 Å². The monoisotopic (exact) mass is 532 g/mol. The molecule has 3 aromatic rings. The Hall–Kier alpha value is -4.26. The summed E-state index contributed by atoms with van der Waals surface area (Å²) >= 11 is 7.97. The third-order valence-corrected chi connectivity index (χ3v) is 7.09. The van der Waals surface area contributed by atoms with Crippen LogP contribution in [-0.2, 0) is 19.1 Å². The van der Waals surface area contributed by atoms with Crippen LogP contribution in [0.4, 0.5) is 5.69 Å². The molecule has 1 unspecified atom stereocenters. The number of ether oxygens (including phenoxy) is 2. The third-order valence-electron chi connectivity index (χ3n) is 5.64. The van der Waals surface area contributed by atoms with E-state index < -0.39 is 17.9 Å². The summed E-state index contributed by atoms with van der Waals surface area (Å²) in [5, 5.41) is 11.2. The van der Waals surface area contributed by atoms with Crippen LogP contribution in [0.25, 0.3) is 0 Å². The quantitative estimate of drug-likeness (QED) is 0.447. The molecule has 0 amide bonds. The van der Waals surface area contributed by atoms with Crippen molar-refractivity contribution in [3.8, 4) is 6.07 Å². The molecule has 0 saturated carbocycles. The van der Waals surface area contributed by atoms with Crippen LogP contribution in [0.1, 0.15) is 11.5 Å². The number of nitrogens with two attached hydrogens (primary N) is 1. The molecule has 8 nitrogen and oxygen atoms in total. The van der Waals surface area contributed by atoms with Crippen LogP contribution in [0.15, 0.2) is 106 Å². The predicted octanol–water partition coefficient (Wildman–Crippen LogP) is 4.78. The lowest BCUT2D eigenvalue weighted by Gasteiger charge is -2.36. The zero-order chi connectivity index (χ0) is 26.5. The number of benzene rings is 2. The minimum absolute atomic E-state index is 0.0365.